The number of hydrogen-bond acceptors (Lipinski definition) is 2. The molecule has 0 fully saturated rings. The van der Waals surface area contributed by atoms with E-state index >= 15 is 0 Å². The van der Waals surface area contributed by atoms with Crippen LogP contribution in [0.4, 0.5) is 0 Å². The molecule has 1 aliphatic rings. The highest BCUT2D eigenvalue weighted by Crippen LogP contribution is 2.34. The second-order valence-electron chi connectivity index (χ2n) is 4.05. The molecule has 0 radical (unpaired) electrons. The Morgan fingerprint density at radius 1 is 0.941 bits per heavy atom. The quantitative estimate of drug-likeness (QED) is 0.781. The average molecular weight is 225 g/mol. The summed E-state index contributed by atoms with van der Waals surface area (Å²) in [7, 11) is 0. The van der Waals surface area contributed by atoms with Crippen molar-refractivity contribution in [2.45, 2.75) is 6.04 Å². The molecule has 0 saturated carbocycles. The van der Waals surface area contributed by atoms with Gasteiger partial charge in [-0.25, -0.2) is 0 Å². The molecule has 2 aromatic rings. The second-order valence-corrected chi connectivity index (χ2v) is 4.05. The first kappa shape index (κ1) is 9.90. The zero-order chi connectivity index (χ0) is 11.8. The number of carbonyl (C=O) groups excluding carboxylic acids is 1. The Balaban J connectivity index is 2.14. The van der Waals surface area contributed by atoms with Crippen molar-refractivity contribution >= 4 is 5.91 Å². The van der Waals surface area contributed by atoms with E-state index in [9.17, 15) is 9.90 Å². The summed E-state index contributed by atoms with van der Waals surface area (Å²) < 4.78 is 0. The van der Waals surface area contributed by atoms with Crippen molar-refractivity contribution in [1.29, 1.82) is 0 Å². The number of carbonyl (C=O) groups is 1. The molecule has 2 N–H and O–H groups in total. The van der Waals surface area contributed by atoms with Gasteiger partial charge in [-0.2, -0.15) is 0 Å². The number of phenols is 1. The third-order valence-corrected chi connectivity index (χ3v) is 3.04. The van der Waals surface area contributed by atoms with Crippen LogP contribution in [0.15, 0.2) is 48.5 Å². The van der Waals surface area contributed by atoms with Gasteiger partial charge in [0.25, 0.3) is 5.91 Å². The van der Waals surface area contributed by atoms with Gasteiger partial charge in [-0.15, -0.1) is 0 Å². The first-order valence-electron chi connectivity index (χ1n) is 5.45. The normalized spacial score (nSPS) is 17.6. The molecule has 0 aromatic heterocycles. The van der Waals surface area contributed by atoms with Gasteiger partial charge in [-0.1, -0.05) is 36.4 Å². The van der Waals surface area contributed by atoms with Crippen molar-refractivity contribution in [1.82, 2.24) is 5.32 Å². The van der Waals surface area contributed by atoms with Gasteiger partial charge in [0.2, 0.25) is 0 Å². The lowest BCUT2D eigenvalue weighted by Crippen LogP contribution is -2.19. The highest BCUT2D eigenvalue weighted by atomic mass is 16.3. The molecule has 1 amide bonds. The Labute approximate surface area is 98.7 Å². The van der Waals surface area contributed by atoms with Crippen molar-refractivity contribution in [2.75, 3.05) is 0 Å². The molecule has 0 spiro atoms. The topological polar surface area (TPSA) is 49.3 Å². The van der Waals surface area contributed by atoms with E-state index in [4.69, 9.17) is 0 Å². The fourth-order valence-corrected chi connectivity index (χ4v) is 2.22. The molecular weight excluding hydrogens is 214 g/mol. The summed E-state index contributed by atoms with van der Waals surface area (Å²) >= 11 is 0. The van der Waals surface area contributed by atoms with Crippen LogP contribution in [0.3, 0.4) is 0 Å². The van der Waals surface area contributed by atoms with Crippen molar-refractivity contribution in [3.63, 3.8) is 0 Å². The number of rotatable bonds is 1. The number of amides is 1. The van der Waals surface area contributed by atoms with E-state index in [0.717, 1.165) is 11.1 Å². The van der Waals surface area contributed by atoms with Crippen LogP contribution < -0.4 is 5.32 Å². The smallest absolute Gasteiger partial charge is 0.252 e. The maximum Gasteiger partial charge on any atom is 0.252 e. The lowest BCUT2D eigenvalue weighted by Gasteiger charge is -2.13. The van der Waals surface area contributed by atoms with Gasteiger partial charge in [-0.05, 0) is 17.7 Å². The van der Waals surface area contributed by atoms with E-state index in [2.05, 4.69) is 5.32 Å². The van der Waals surface area contributed by atoms with Crippen LogP contribution in [0.25, 0.3) is 0 Å². The monoisotopic (exact) mass is 225 g/mol. The highest BCUT2D eigenvalue weighted by Gasteiger charge is 2.30. The van der Waals surface area contributed by atoms with E-state index in [-0.39, 0.29) is 17.7 Å². The van der Waals surface area contributed by atoms with E-state index < -0.39 is 0 Å². The van der Waals surface area contributed by atoms with Crippen LogP contribution in [-0.2, 0) is 0 Å². The summed E-state index contributed by atoms with van der Waals surface area (Å²) in [6.07, 6.45) is 0. The molecule has 17 heavy (non-hydrogen) atoms. The lowest BCUT2D eigenvalue weighted by molar-refractivity contribution is 0.0960. The van der Waals surface area contributed by atoms with Crippen LogP contribution in [0.2, 0.25) is 0 Å². The molecule has 1 aliphatic heterocycles. The predicted molar refractivity (Wildman–Crippen MR) is 63.9 cm³/mol. The third-order valence-electron chi connectivity index (χ3n) is 3.04. The van der Waals surface area contributed by atoms with Crippen molar-refractivity contribution in [3.8, 4) is 5.75 Å². The van der Waals surface area contributed by atoms with E-state index in [1.807, 2.05) is 30.3 Å². The zero-order valence-electron chi connectivity index (χ0n) is 9.05. The number of hydrogen-bond donors (Lipinski definition) is 2. The number of aromatic hydroxyl groups is 1. The van der Waals surface area contributed by atoms with Crippen LogP contribution >= 0.6 is 0 Å². The Kier molecular flexibility index (Phi) is 2.11. The highest BCUT2D eigenvalue weighted by molar-refractivity contribution is 5.99. The molecule has 3 heteroatoms. The molecule has 0 saturated heterocycles. The summed E-state index contributed by atoms with van der Waals surface area (Å²) in [6, 6.07) is 14.3. The van der Waals surface area contributed by atoms with Gasteiger partial charge in [0, 0.05) is 11.1 Å². The van der Waals surface area contributed by atoms with Crippen LogP contribution in [0, 0.1) is 0 Å². The van der Waals surface area contributed by atoms with E-state index in [1.165, 1.54) is 0 Å². The standard InChI is InChI=1S/C14H11NO2/c16-12-8-4-3-7-11(12)13-9-5-1-2-6-10(9)14(17)15-13/h1-8,13,16H,(H,15,17). The SMILES string of the molecule is O=C1NC(c2ccccc2O)c2ccccc21. The minimum Gasteiger partial charge on any atom is -0.508 e. The Bertz CT molecular complexity index is 592. The fourth-order valence-electron chi connectivity index (χ4n) is 2.22. The van der Waals surface area contributed by atoms with Gasteiger partial charge in [0.1, 0.15) is 5.75 Å². The van der Waals surface area contributed by atoms with E-state index in [1.54, 1.807) is 18.2 Å². The van der Waals surface area contributed by atoms with Crippen LogP contribution in [0.1, 0.15) is 27.5 Å². The van der Waals surface area contributed by atoms with Crippen LogP contribution in [-0.4, -0.2) is 11.0 Å². The minimum atomic E-state index is -0.250. The molecule has 0 aliphatic carbocycles. The molecule has 1 heterocycles. The first-order chi connectivity index (χ1) is 8.27. The van der Waals surface area contributed by atoms with Gasteiger partial charge in [-0.3, -0.25) is 4.79 Å². The second kappa shape index (κ2) is 3.63. The van der Waals surface area contributed by atoms with E-state index in [0.29, 0.717) is 5.56 Å². The molecule has 2 aromatic carbocycles. The summed E-state index contributed by atoms with van der Waals surface area (Å²) in [5, 5.41) is 12.7. The molecular formula is C14H11NO2. The Morgan fingerprint density at radius 2 is 1.59 bits per heavy atom. The number of nitrogens with one attached hydrogen (secondary N) is 1. The summed E-state index contributed by atoms with van der Waals surface area (Å²) in [5.74, 6) is 0.114. The first-order valence-corrected chi connectivity index (χ1v) is 5.45. The number of fused-ring (bicyclic) bond motifs is 1. The molecule has 1 unspecified atom stereocenters. The molecule has 3 nitrogen and oxygen atoms in total. The maximum absolute atomic E-state index is 11.8. The van der Waals surface area contributed by atoms with Crippen molar-refractivity contribution in [3.05, 3.63) is 65.2 Å². The summed E-state index contributed by atoms with van der Waals surface area (Å²) in [6.45, 7) is 0. The molecule has 84 valence electrons. The summed E-state index contributed by atoms with van der Waals surface area (Å²) in [5.41, 5.74) is 2.32. The largest absolute Gasteiger partial charge is 0.508 e. The van der Waals surface area contributed by atoms with Gasteiger partial charge in [0.15, 0.2) is 0 Å². The minimum absolute atomic E-state index is 0.0890. The fraction of sp³-hybridized carbons (Fsp3) is 0.0714. The van der Waals surface area contributed by atoms with Gasteiger partial charge < -0.3 is 10.4 Å². The molecule has 0 bridgehead atoms. The predicted octanol–water partition coefficient (Wildman–Crippen LogP) is 2.23. The van der Waals surface area contributed by atoms with Gasteiger partial charge >= 0.3 is 0 Å². The van der Waals surface area contributed by atoms with Crippen molar-refractivity contribution in [2.24, 2.45) is 0 Å². The summed E-state index contributed by atoms with van der Waals surface area (Å²) in [4.78, 5) is 11.8. The van der Waals surface area contributed by atoms with Gasteiger partial charge in [0.05, 0.1) is 6.04 Å². The lowest BCUT2D eigenvalue weighted by atomic mass is 9.98. The molecule has 1 atom stereocenters. The van der Waals surface area contributed by atoms with Crippen LogP contribution in [0.5, 0.6) is 5.75 Å². The zero-order valence-corrected chi connectivity index (χ0v) is 9.05. The average Bonchev–Trinajstić information content (AvgIpc) is 2.68. The number of phenolic OH excluding ortho intramolecular Hbond substituents is 1. The third kappa shape index (κ3) is 1.47. The molecule has 3 rings (SSSR count). The van der Waals surface area contributed by atoms with Crippen molar-refractivity contribution < 1.29 is 9.90 Å². The number of para-hydroxylation sites is 1. The Hall–Kier alpha value is -2.29. The number of benzene rings is 2. The maximum atomic E-state index is 11.8. The Morgan fingerprint density at radius 3 is 2.35 bits per heavy atom.